The summed E-state index contributed by atoms with van der Waals surface area (Å²) in [6, 6.07) is 2.71. The number of halogens is 1. The molecule has 1 heterocycles. The molecule has 1 aliphatic heterocycles. The summed E-state index contributed by atoms with van der Waals surface area (Å²) in [4.78, 5) is 4.67. The average molecular weight is 230 g/mol. The fraction of sp³-hybridized carbons (Fsp3) is 0.909. The Kier molecular flexibility index (Phi) is 5.38. The minimum absolute atomic E-state index is 0.383. The van der Waals surface area contributed by atoms with Crippen LogP contribution in [0.2, 0.25) is 0 Å². The Balaban J connectivity index is 2.31. The van der Waals surface area contributed by atoms with Gasteiger partial charge in [-0.25, -0.2) is 0 Å². The van der Waals surface area contributed by atoms with Crippen LogP contribution < -0.4 is 0 Å². The number of hydrogen-bond donors (Lipinski definition) is 0. The SMILES string of the molecule is CCN1CCCC1CN(C)CC(Cl)C#N. The Morgan fingerprint density at radius 2 is 2.40 bits per heavy atom. The van der Waals surface area contributed by atoms with Crippen molar-refractivity contribution >= 4 is 11.6 Å². The lowest BCUT2D eigenvalue weighted by Gasteiger charge is -2.27. The van der Waals surface area contributed by atoms with Crippen molar-refractivity contribution in [3.63, 3.8) is 0 Å². The van der Waals surface area contributed by atoms with E-state index in [4.69, 9.17) is 16.9 Å². The van der Waals surface area contributed by atoms with E-state index in [0.29, 0.717) is 12.6 Å². The molecular formula is C11H20ClN3. The topological polar surface area (TPSA) is 30.3 Å². The van der Waals surface area contributed by atoms with E-state index in [2.05, 4.69) is 22.8 Å². The molecule has 4 heteroatoms. The maximum atomic E-state index is 8.62. The minimum Gasteiger partial charge on any atom is -0.302 e. The number of alkyl halides is 1. The van der Waals surface area contributed by atoms with Crippen LogP contribution in [0.5, 0.6) is 0 Å². The third kappa shape index (κ3) is 3.98. The maximum Gasteiger partial charge on any atom is 0.133 e. The lowest BCUT2D eigenvalue weighted by Crippen LogP contribution is -2.40. The quantitative estimate of drug-likeness (QED) is 0.670. The van der Waals surface area contributed by atoms with E-state index in [9.17, 15) is 0 Å². The average Bonchev–Trinajstić information content (AvgIpc) is 2.64. The molecule has 1 saturated heterocycles. The Morgan fingerprint density at radius 3 is 3.00 bits per heavy atom. The van der Waals surface area contributed by atoms with Gasteiger partial charge in [-0.3, -0.25) is 4.90 Å². The zero-order valence-electron chi connectivity index (χ0n) is 9.62. The summed E-state index contributed by atoms with van der Waals surface area (Å²) < 4.78 is 0. The molecule has 0 amide bonds. The highest BCUT2D eigenvalue weighted by molar-refractivity contribution is 6.22. The molecule has 0 aromatic carbocycles. The van der Waals surface area contributed by atoms with E-state index >= 15 is 0 Å². The largest absolute Gasteiger partial charge is 0.302 e. The summed E-state index contributed by atoms with van der Waals surface area (Å²) in [5, 5.41) is 8.24. The standard InChI is InChI=1S/C11H20ClN3/c1-3-15-6-4-5-11(15)9-14(2)8-10(12)7-13/h10-11H,3-6,8-9H2,1-2H3. The molecule has 1 fully saturated rings. The van der Waals surface area contributed by atoms with Crippen LogP contribution in [0.1, 0.15) is 19.8 Å². The minimum atomic E-state index is -0.383. The molecule has 1 aliphatic rings. The van der Waals surface area contributed by atoms with Crippen molar-refractivity contribution in [2.24, 2.45) is 0 Å². The Hall–Kier alpha value is -0.300. The second-order valence-electron chi connectivity index (χ2n) is 4.24. The summed E-state index contributed by atoms with van der Waals surface area (Å²) in [7, 11) is 2.04. The zero-order chi connectivity index (χ0) is 11.3. The predicted octanol–water partition coefficient (Wildman–Crippen LogP) is 1.53. The summed E-state index contributed by atoms with van der Waals surface area (Å²) in [5.74, 6) is 0. The molecular weight excluding hydrogens is 210 g/mol. The monoisotopic (exact) mass is 229 g/mol. The fourth-order valence-corrected chi connectivity index (χ4v) is 2.50. The van der Waals surface area contributed by atoms with Gasteiger partial charge in [0.1, 0.15) is 5.38 Å². The van der Waals surface area contributed by atoms with Crippen molar-refractivity contribution < 1.29 is 0 Å². The van der Waals surface area contributed by atoms with E-state index in [0.717, 1.165) is 13.1 Å². The Bertz CT molecular complexity index is 226. The second-order valence-corrected chi connectivity index (χ2v) is 4.77. The molecule has 0 aromatic heterocycles. The summed E-state index contributed by atoms with van der Waals surface area (Å²) in [6.45, 7) is 6.24. The number of rotatable bonds is 5. The van der Waals surface area contributed by atoms with Gasteiger partial charge in [0.2, 0.25) is 0 Å². The first-order valence-corrected chi connectivity index (χ1v) is 6.07. The Morgan fingerprint density at radius 1 is 1.67 bits per heavy atom. The third-order valence-corrected chi connectivity index (χ3v) is 3.28. The van der Waals surface area contributed by atoms with Gasteiger partial charge in [0, 0.05) is 19.1 Å². The van der Waals surface area contributed by atoms with E-state index < -0.39 is 0 Å². The van der Waals surface area contributed by atoms with E-state index in [1.165, 1.54) is 19.4 Å². The van der Waals surface area contributed by atoms with Gasteiger partial charge in [0.25, 0.3) is 0 Å². The molecule has 86 valence electrons. The molecule has 0 aromatic rings. The van der Waals surface area contributed by atoms with E-state index in [1.54, 1.807) is 0 Å². The van der Waals surface area contributed by atoms with Crippen LogP contribution in [0.4, 0.5) is 0 Å². The van der Waals surface area contributed by atoms with Gasteiger partial charge >= 0.3 is 0 Å². The van der Waals surface area contributed by atoms with Gasteiger partial charge in [0.05, 0.1) is 6.07 Å². The van der Waals surface area contributed by atoms with Crippen LogP contribution >= 0.6 is 11.6 Å². The lowest BCUT2D eigenvalue weighted by molar-refractivity contribution is 0.201. The van der Waals surface area contributed by atoms with Crippen molar-refractivity contribution in [3.05, 3.63) is 0 Å². The van der Waals surface area contributed by atoms with Gasteiger partial charge in [0.15, 0.2) is 0 Å². The zero-order valence-corrected chi connectivity index (χ0v) is 10.4. The first-order valence-electron chi connectivity index (χ1n) is 5.63. The van der Waals surface area contributed by atoms with Crippen LogP contribution in [-0.2, 0) is 0 Å². The number of hydrogen-bond acceptors (Lipinski definition) is 3. The van der Waals surface area contributed by atoms with Crippen molar-refractivity contribution in [2.45, 2.75) is 31.2 Å². The molecule has 0 aliphatic carbocycles. The third-order valence-electron chi connectivity index (χ3n) is 3.04. The van der Waals surface area contributed by atoms with Gasteiger partial charge in [-0.1, -0.05) is 6.92 Å². The van der Waals surface area contributed by atoms with Crippen LogP contribution in [0.3, 0.4) is 0 Å². The van der Waals surface area contributed by atoms with Gasteiger partial charge < -0.3 is 4.90 Å². The first kappa shape index (κ1) is 12.8. The van der Waals surface area contributed by atoms with Crippen LogP contribution in [0.25, 0.3) is 0 Å². The second kappa shape index (κ2) is 6.32. The summed E-state index contributed by atoms with van der Waals surface area (Å²) in [5.41, 5.74) is 0. The molecule has 2 atom stereocenters. The molecule has 0 radical (unpaired) electrons. The van der Waals surface area contributed by atoms with Crippen LogP contribution in [0, 0.1) is 11.3 Å². The van der Waals surface area contributed by atoms with E-state index in [-0.39, 0.29) is 5.38 Å². The molecule has 1 rings (SSSR count). The van der Waals surface area contributed by atoms with Crippen LogP contribution in [0.15, 0.2) is 0 Å². The highest BCUT2D eigenvalue weighted by Gasteiger charge is 2.24. The van der Waals surface area contributed by atoms with Crippen molar-refractivity contribution in [1.82, 2.24) is 9.80 Å². The predicted molar refractivity (Wildman–Crippen MR) is 63.0 cm³/mol. The van der Waals surface area contributed by atoms with Crippen LogP contribution in [-0.4, -0.2) is 54.4 Å². The number of nitrogens with zero attached hydrogens (tertiary/aromatic N) is 3. The van der Waals surface area contributed by atoms with Gasteiger partial charge in [-0.05, 0) is 33.0 Å². The van der Waals surface area contributed by atoms with Gasteiger partial charge in [-0.15, -0.1) is 11.6 Å². The Labute approximate surface area is 97.6 Å². The van der Waals surface area contributed by atoms with Crippen molar-refractivity contribution in [1.29, 1.82) is 5.26 Å². The summed E-state index contributed by atoms with van der Waals surface area (Å²) >= 11 is 5.80. The molecule has 0 bridgehead atoms. The lowest BCUT2D eigenvalue weighted by atomic mass is 10.2. The van der Waals surface area contributed by atoms with Crippen molar-refractivity contribution in [2.75, 3.05) is 33.2 Å². The van der Waals surface area contributed by atoms with Gasteiger partial charge in [-0.2, -0.15) is 5.26 Å². The number of likely N-dealkylation sites (tertiary alicyclic amines) is 1. The smallest absolute Gasteiger partial charge is 0.133 e. The molecule has 15 heavy (non-hydrogen) atoms. The highest BCUT2D eigenvalue weighted by Crippen LogP contribution is 2.17. The maximum absolute atomic E-state index is 8.62. The molecule has 0 spiro atoms. The normalized spacial score (nSPS) is 24.3. The number of nitriles is 1. The van der Waals surface area contributed by atoms with E-state index in [1.807, 2.05) is 7.05 Å². The van der Waals surface area contributed by atoms with Crippen molar-refractivity contribution in [3.8, 4) is 6.07 Å². The molecule has 0 saturated carbocycles. The first-order chi connectivity index (χ1) is 7.17. The molecule has 3 nitrogen and oxygen atoms in total. The number of likely N-dealkylation sites (N-methyl/N-ethyl adjacent to an activating group) is 2. The highest BCUT2D eigenvalue weighted by atomic mass is 35.5. The summed E-state index contributed by atoms with van der Waals surface area (Å²) in [6.07, 6.45) is 2.58. The molecule has 2 unspecified atom stereocenters. The fourth-order valence-electron chi connectivity index (χ4n) is 2.27. The molecule has 0 N–H and O–H groups in total.